The SMILES string of the molecule is CC1(C)c2cc(N3c4ccccc4C4(C)CCCCC34C)ccc2-c2c1ccc1c2ccc2ccccc21. The Hall–Kier alpha value is -3.58. The number of rotatable bonds is 1. The summed E-state index contributed by atoms with van der Waals surface area (Å²) in [6, 6.07) is 34.8. The van der Waals surface area contributed by atoms with Crippen LogP contribution in [-0.4, -0.2) is 5.54 Å². The quantitative estimate of drug-likeness (QED) is 0.210. The molecule has 1 heterocycles. The van der Waals surface area contributed by atoms with Crippen LogP contribution in [0.2, 0.25) is 0 Å². The lowest BCUT2D eigenvalue weighted by Gasteiger charge is -2.50. The summed E-state index contributed by atoms with van der Waals surface area (Å²) in [6.45, 7) is 9.88. The van der Waals surface area contributed by atoms with Gasteiger partial charge >= 0.3 is 0 Å². The number of hydrogen-bond acceptors (Lipinski definition) is 1. The highest BCUT2D eigenvalue weighted by atomic mass is 15.3. The van der Waals surface area contributed by atoms with E-state index in [4.69, 9.17) is 0 Å². The van der Waals surface area contributed by atoms with Gasteiger partial charge in [-0.25, -0.2) is 0 Å². The Bertz CT molecular complexity index is 1790. The zero-order chi connectivity index (χ0) is 25.9. The number of para-hydroxylation sites is 1. The lowest BCUT2D eigenvalue weighted by molar-refractivity contribution is 0.195. The molecule has 38 heavy (non-hydrogen) atoms. The van der Waals surface area contributed by atoms with E-state index in [0.29, 0.717) is 0 Å². The van der Waals surface area contributed by atoms with Crippen LogP contribution in [0.15, 0.2) is 91.0 Å². The molecule has 3 aliphatic rings. The third-order valence-corrected chi connectivity index (χ3v) is 10.8. The first-order chi connectivity index (χ1) is 18.3. The van der Waals surface area contributed by atoms with Crippen LogP contribution < -0.4 is 4.90 Å². The van der Waals surface area contributed by atoms with E-state index in [1.165, 1.54) is 86.4 Å². The Morgan fingerprint density at radius 1 is 0.605 bits per heavy atom. The summed E-state index contributed by atoms with van der Waals surface area (Å²) in [6.07, 6.45) is 5.12. The van der Waals surface area contributed by atoms with E-state index in [-0.39, 0.29) is 16.4 Å². The highest BCUT2D eigenvalue weighted by molar-refractivity contribution is 6.14. The van der Waals surface area contributed by atoms with Crippen molar-refractivity contribution in [2.24, 2.45) is 0 Å². The summed E-state index contributed by atoms with van der Waals surface area (Å²) in [5, 5.41) is 5.38. The van der Waals surface area contributed by atoms with Crippen LogP contribution in [0.3, 0.4) is 0 Å². The predicted molar refractivity (Wildman–Crippen MR) is 162 cm³/mol. The minimum Gasteiger partial charge on any atom is -0.334 e. The van der Waals surface area contributed by atoms with Crippen LogP contribution in [0.25, 0.3) is 32.7 Å². The number of fused-ring (bicyclic) bond motifs is 10. The van der Waals surface area contributed by atoms with Gasteiger partial charge < -0.3 is 4.90 Å². The monoisotopic (exact) mass is 493 g/mol. The topological polar surface area (TPSA) is 3.24 Å². The second kappa shape index (κ2) is 7.29. The van der Waals surface area contributed by atoms with Crippen LogP contribution in [0.5, 0.6) is 0 Å². The van der Waals surface area contributed by atoms with Crippen LogP contribution in [0, 0.1) is 0 Å². The average molecular weight is 494 g/mol. The van der Waals surface area contributed by atoms with Gasteiger partial charge in [-0.3, -0.25) is 0 Å². The molecule has 1 nitrogen and oxygen atoms in total. The molecular formula is C37H35N. The second-order valence-corrected chi connectivity index (χ2v) is 12.9. The highest BCUT2D eigenvalue weighted by Gasteiger charge is 2.57. The van der Waals surface area contributed by atoms with Crippen molar-refractivity contribution in [2.75, 3.05) is 4.90 Å². The normalized spacial score (nSPS) is 24.8. The molecule has 5 aromatic rings. The molecule has 1 fully saturated rings. The molecule has 0 saturated heterocycles. The number of nitrogens with zero attached hydrogens (tertiary/aromatic N) is 1. The third-order valence-electron chi connectivity index (χ3n) is 10.8. The van der Waals surface area contributed by atoms with E-state index in [0.717, 1.165) is 0 Å². The molecule has 1 saturated carbocycles. The molecule has 1 aliphatic heterocycles. The van der Waals surface area contributed by atoms with Crippen molar-refractivity contribution >= 4 is 32.9 Å². The summed E-state index contributed by atoms with van der Waals surface area (Å²) >= 11 is 0. The minimum absolute atomic E-state index is 0.0451. The van der Waals surface area contributed by atoms with E-state index in [1.807, 2.05) is 0 Å². The molecule has 5 aromatic carbocycles. The fourth-order valence-corrected chi connectivity index (χ4v) is 8.55. The first kappa shape index (κ1) is 22.4. The van der Waals surface area contributed by atoms with Crippen molar-refractivity contribution < 1.29 is 0 Å². The maximum atomic E-state index is 2.71. The van der Waals surface area contributed by atoms with E-state index >= 15 is 0 Å². The van der Waals surface area contributed by atoms with Crippen molar-refractivity contribution in [1.82, 2.24) is 0 Å². The van der Waals surface area contributed by atoms with E-state index in [1.54, 1.807) is 0 Å². The van der Waals surface area contributed by atoms with Crippen molar-refractivity contribution in [3.63, 3.8) is 0 Å². The van der Waals surface area contributed by atoms with Crippen molar-refractivity contribution in [1.29, 1.82) is 0 Å². The highest BCUT2D eigenvalue weighted by Crippen LogP contribution is 2.61. The molecule has 188 valence electrons. The molecule has 2 atom stereocenters. The molecule has 0 spiro atoms. The van der Waals surface area contributed by atoms with Crippen molar-refractivity contribution in [3.8, 4) is 11.1 Å². The van der Waals surface area contributed by atoms with Crippen LogP contribution >= 0.6 is 0 Å². The first-order valence-electron chi connectivity index (χ1n) is 14.3. The summed E-state index contributed by atoms with van der Waals surface area (Å²) in [5.74, 6) is 0. The van der Waals surface area contributed by atoms with Gasteiger partial charge in [-0.15, -0.1) is 0 Å². The fraction of sp³-hybridized carbons (Fsp3) is 0.297. The molecule has 2 aliphatic carbocycles. The number of benzene rings is 5. The summed E-state index contributed by atoms with van der Waals surface area (Å²) in [7, 11) is 0. The lowest BCUT2D eigenvalue weighted by atomic mass is 9.61. The molecule has 0 bridgehead atoms. The smallest absolute Gasteiger partial charge is 0.0517 e. The van der Waals surface area contributed by atoms with Crippen LogP contribution in [0.4, 0.5) is 11.4 Å². The van der Waals surface area contributed by atoms with Gasteiger partial charge in [0, 0.05) is 22.2 Å². The van der Waals surface area contributed by atoms with E-state index in [9.17, 15) is 0 Å². The third kappa shape index (κ3) is 2.58. The minimum atomic E-state index is -0.0451. The Morgan fingerprint density at radius 2 is 1.37 bits per heavy atom. The van der Waals surface area contributed by atoms with E-state index < -0.39 is 0 Å². The van der Waals surface area contributed by atoms with Gasteiger partial charge in [-0.05, 0) is 87.3 Å². The largest absolute Gasteiger partial charge is 0.334 e. The summed E-state index contributed by atoms with van der Waals surface area (Å²) < 4.78 is 0. The Morgan fingerprint density at radius 3 is 2.26 bits per heavy atom. The summed E-state index contributed by atoms with van der Waals surface area (Å²) in [5.41, 5.74) is 10.2. The zero-order valence-electron chi connectivity index (χ0n) is 22.9. The van der Waals surface area contributed by atoms with Gasteiger partial charge in [-0.1, -0.05) is 106 Å². The maximum absolute atomic E-state index is 2.71. The second-order valence-electron chi connectivity index (χ2n) is 12.9. The average Bonchev–Trinajstić information content (AvgIpc) is 3.29. The van der Waals surface area contributed by atoms with Gasteiger partial charge in [0.05, 0.1) is 5.54 Å². The molecule has 0 radical (unpaired) electrons. The Balaban J connectivity index is 1.36. The fourth-order valence-electron chi connectivity index (χ4n) is 8.55. The molecule has 2 unspecified atom stereocenters. The van der Waals surface area contributed by atoms with Crippen LogP contribution in [-0.2, 0) is 10.8 Å². The summed E-state index contributed by atoms with van der Waals surface area (Å²) in [4.78, 5) is 2.71. The van der Waals surface area contributed by atoms with Crippen LogP contribution in [0.1, 0.15) is 70.1 Å². The Kier molecular flexibility index (Phi) is 4.30. The molecule has 1 heteroatoms. The molecule has 0 aromatic heterocycles. The Labute approximate surface area is 226 Å². The zero-order valence-corrected chi connectivity index (χ0v) is 22.9. The standard InChI is InChI=1S/C37H35N/c1-35(2)31-20-19-27-26-12-6-5-11-24(26)15-17-28(27)34(31)29-18-16-25(23-32(29)35)38-33-14-8-7-13-30(33)36(3)21-9-10-22-37(36,38)4/h5-8,11-20,23H,9-10,21-22H2,1-4H3. The number of hydrogen-bond donors (Lipinski definition) is 0. The van der Waals surface area contributed by atoms with Gasteiger partial charge in [0.2, 0.25) is 0 Å². The molecular weight excluding hydrogens is 458 g/mol. The predicted octanol–water partition coefficient (Wildman–Crippen LogP) is 10.0. The van der Waals surface area contributed by atoms with Gasteiger partial charge in [-0.2, -0.15) is 0 Å². The van der Waals surface area contributed by atoms with Gasteiger partial charge in [0.25, 0.3) is 0 Å². The number of anilines is 2. The molecule has 8 rings (SSSR count). The molecule has 0 N–H and O–H groups in total. The van der Waals surface area contributed by atoms with Crippen molar-refractivity contribution in [3.05, 3.63) is 108 Å². The molecule has 0 amide bonds. The lowest BCUT2D eigenvalue weighted by Crippen LogP contribution is -2.54. The van der Waals surface area contributed by atoms with Gasteiger partial charge in [0.1, 0.15) is 0 Å². The first-order valence-corrected chi connectivity index (χ1v) is 14.3. The van der Waals surface area contributed by atoms with E-state index in [2.05, 4.69) is 124 Å². The van der Waals surface area contributed by atoms with Gasteiger partial charge in [0.15, 0.2) is 0 Å². The van der Waals surface area contributed by atoms with Crippen molar-refractivity contribution in [2.45, 2.75) is 69.7 Å². The maximum Gasteiger partial charge on any atom is 0.0517 e.